The average molecular weight is 701 g/mol. The molecule has 2 bridgehead atoms. The largest absolute Gasteiger partial charge is 0.390 e. The summed E-state index contributed by atoms with van der Waals surface area (Å²) in [6.07, 6.45) is -2.45. The second-order valence-corrected chi connectivity index (χ2v) is 16.6. The van der Waals surface area contributed by atoms with Crippen LogP contribution in [-0.2, 0) is 33.2 Å². The van der Waals surface area contributed by atoms with Crippen LogP contribution in [0.15, 0.2) is 0 Å². The van der Waals surface area contributed by atoms with E-state index in [4.69, 9.17) is 28.4 Å². The number of nitrogens with one attached hydrogen (secondary N) is 2. The lowest BCUT2D eigenvalue weighted by molar-refractivity contribution is -0.308. The van der Waals surface area contributed by atoms with E-state index in [-0.39, 0.29) is 30.1 Å². The predicted octanol–water partition coefficient (Wildman–Crippen LogP) is 3.27. The minimum Gasteiger partial charge on any atom is -0.390 e. The fourth-order valence-corrected chi connectivity index (χ4v) is 9.32. The van der Waals surface area contributed by atoms with Crippen molar-refractivity contribution in [2.24, 2.45) is 23.7 Å². The number of carbonyl (C=O) groups excluding carboxylic acids is 1. The maximum atomic E-state index is 14.3. The van der Waals surface area contributed by atoms with Crippen molar-refractivity contribution in [3.63, 3.8) is 0 Å². The minimum absolute atomic E-state index is 0.00573. The molecular weight excluding hydrogens is 632 g/mol. The van der Waals surface area contributed by atoms with E-state index < -0.39 is 83.7 Å². The van der Waals surface area contributed by atoms with Crippen LogP contribution in [0.25, 0.3) is 0 Å². The Morgan fingerprint density at radius 3 is 2.24 bits per heavy atom. The smallest absolute Gasteiger partial charge is 0.225 e. The van der Waals surface area contributed by atoms with Crippen molar-refractivity contribution < 1.29 is 48.5 Å². The standard InChI is InChI=1S/C37H68N2O10/c1-13-14-26-37(10,43)31(41)22(5)29-19(2)16-36(9,49-29)32(48-34-28(40)25(38-11)15-20(3)46-34)23(6)30(24(7)33(42)39-26)47-27-18-35(8,44-12)17-21(4)45-27/h19-32,34,38,40-41,43H,13-18H2,1-12H3,(H,39,42)/t19-,20?,21?,22+,23+,24-,25?,26-,27?,28?,29-,30+,31-,32-,34?,35?,36+,37-/m1/s1. The Labute approximate surface area is 294 Å². The number of fused-ring (bicyclic) bond motifs is 2. The summed E-state index contributed by atoms with van der Waals surface area (Å²) in [4.78, 5) is 14.3. The van der Waals surface area contributed by atoms with Crippen LogP contribution >= 0.6 is 0 Å². The molecule has 0 aromatic heterocycles. The summed E-state index contributed by atoms with van der Waals surface area (Å²) in [7, 11) is 3.51. The Hall–Kier alpha value is -0.930. The molecule has 1 amide bonds. The average Bonchev–Trinajstić information content (AvgIpc) is 3.35. The highest BCUT2D eigenvalue weighted by Gasteiger charge is 2.57. The molecule has 4 rings (SSSR count). The first-order valence-corrected chi connectivity index (χ1v) is 18.7. The summed E-state index contributed by atoms with van der Waals surface area (Å²) in [6, 6.07) is -0.957. The molecule has 0 spiro atoms. The van der Waals surface area contributed by atoms with Crippen molar-refractivity contribution in [2.45, 2.75) is 192 Å². The summed E-state index contributed by atoms with van der Waals surface area (Å²) in [6.45, 7) is 19.4. The number of aliphatic hydroxyl groups excluding tert-OH is 2. The van der Waals surface area contributed by atoms with E-state index >= 15 is 0 Å². The highest BCUT2D eigenvalue weighted by Crippen LogP contribution is 2.47. The molecule has 18 atom stereocenters. The number of carbonyl (C=O) groups is 1. The molecule has 286 valence electrons. The first kappa shape index (κ1) is 40.8. The van der Waals surface area contributed by atoms with Gasteiger partial charge in [-0.15, -0.1) is 0 Å². The van der Waals surface area contributed by atoms with E-state index in [2.05, 4.69) is 17.6 Å². The first-order valence-electron chi connectivity index (χ1n) is 18.7. The Bertz CT molecular complexity index is 1100. The summed E-state index contributed by atoms with van der Waals surface area (Å²) in [5.74, 6) is -2.00. The van der Waals surface area contributed by atoms with Crippen molar-refractivity contribution >= 4 is 5.91 Å². The number of rotatable bonds is 8. The van der Waals surface area contributed by atoms with E-state index in [1.54, 1.807) is 14.0 Å². The number of hydrogen-bond donors (Lipinski definition) is 5. The van der Waals surface area contributed by atoms with Crippen LogP contribution in [0.3, 0.4) is 0 Å². The molecule has 4 fully saturated rings. The highest BCUT2D eigenvalue weighted by atomic mass is 16.7. The van der Waals surface area contributed by atoms with Gasteiger partial charge in [0, 0.05) is 37.8 Å². The summed E-state index contributed by atoms with van der Waals surface area (Å²) < 4.78 is 39.2. The molecule has 4 heterocycles. The van der Waals surface area contributed by atoms with Gasteiger partial charge in [0.25, 0.3) is 0 Å². The lowest BCUT2D eigenvalue weighted by Crippen LogP contribution is -2.61. The molecule has 4 aliphatic heterocycles. The lowest BCUT2D eigenvalue weighted by Gasteiger charge is -2.47. The van der Waals surface area contributed by atoms with Crippen molar-refractivity contribution in [1.82, 2.24) is 10.6 Å². The van der Waals surface area contributed by atoms with Crippen LogP contribution < -0.4 is 10.6 Å². The van der Waals surface area contributed by atoms with Gasteiger partial charge in [-0.1, -0.05) is 41.0 Å². The first-order chi connectivity index (χ1) is 22.8. The predicted molar refractivity (Wildman–Crippen MR) is 185 cm³/mol. The zero-order valence-corrected chi connectivity index (χ0v) is 32.1. The summed E-state index contributed by atoms with van der Waals surface area (Å²) in [5, 5.41) is 41.4. The third-order valence-electron chi connectivity index (χ3n) is 12.2. The van der Waals surface area contributed by atoms with E-state index in [9.17, 15) is 20.1 Å². The monoisotopic (exact) mass is 700 g/mol. The minimum atomic E-state index is -1.64. The molecular formula is C37H68N2O10. The zero-order chi connectivity index (χ0) is 36.6. The second kappa shape index (κ2) is 16.0. The number of aliphatic hydroxyl groups is 3. The fraction of sp³-hybridized carbons (Fsp3) is 0.973. The molecule has 0 aromatic carbocycles. The molecule has 0 radical (unpaired) electrons. The van der Waals surface area contributed by atoms with Crippen molar-refractivity contribution in [2.75, 3.05) is 14.2 Å². The molecule has 0 aromatic rings. The van der Waals surface area contributed by atoms with Crippen molar-refractivity contribution in [3.8, 4) is 0 Å². The second-order valence-electron chi connectivity index (χ2n) is 16.6. The van der Waals surface area contributed by atoms with Crippen LogP contribution in [0.5, 0.6) is 0 Å². The number of methoxy groups -OCH3 is 1. The number of ether oxygens (including phenoxy) is 6. The Morgan fingerprint density at radius 2 is 1.63 bits per heavy atom. The van der Waals surface area contributed by atoms with Crippen LogP contribution in [0.4, 0.5) is 0 Å². The molecule has 4 saturated heterocycles. The van der Waals surface area contributed by atoms with Crippen LogP contribution in [0, 0.1) is 23.7 Å². The van der Waals surface area contributed by atoms with Gasteiger partial charge >= 0.3 is 0 Å². The van der Waals surface area contributed by atoms with Gasteiger partial charge in [-0.05, 0) is 66.8 Å². The summed E-state index contributed by atoms with van der Waals surface area (Å²) >= 11 is 0. The van der Waals surface area contributed by atoms with E-state index in [0.717, 1.165) is 0 Å². The van der Waals surface area contributed by atoms with E-state index in [1.807, 2.05) is 62.4 Å². The van der Waals surface area contributed by atoms with E-state index in [1.165, 1.54) is 0 Å². The SMILES string of the molecule is CCC[C@H]1NC(=O)[C@H](C)[C@@H](OC2CC(C)(OC)CC(C)O2)[C@H](C)[C@@H](OC2OC(C)CC(NC)C2O)[C@]2(C)C[C@@H](C)[C@@H](O2)[C@H](C)[C@@H](O)[C@]1(C)O. The number of hydrogen-bond acceptors (Lipinski definition) is 11. The van der Waals surface area contributed by atoms with E-state index in [0.29, 0.717) is 38.5 Å². The van der Waals surface area contributed by atoms with Gasteiger partial charge in [-0.2, -0.15) is 0 Å². The Kier molecular flexibility index (Phi) is 13.3. The molecule has 5 N–H and O–H groups in total. The number of likely N-dealkylation sites (N-methyl/N-ethyl adjacent to an activating group) is 1. The molecule has 12 heteroatoms. The fourth-order valence-electron chi connectivity index (χ4n) is 9.32. The highest BCUT2D eigenvalue weighted by molar-refractivity contribution is 5.79. The van der Waals surface area contributed by atoms with Gasteiger partial charge in [0.05, 0.1) is 59.8 Å². The normalized spacial score (nSPS) is 51.7. The van der Waals surface area contributed by atoms with Gasteiger partial charge in [0.2, 0.25) is 5.91 Å². The Morgan fingerprint density at radius 1 is 0.959 bits per heavy atom. The molecule has 0 aliphatic carbocycles. The van der Waals surface area contributed by atoms with Crippen molar-refractivity contribution in [3.05, 3.63) is 0 Å². The molecule has 0 saturated carbocycles. The molecule has 7 unspecified atom stereocenters. The maximum Gasteiger partial charge on any atom is 0.225 e. The zero-order valence-electron chi connectivity index (χ0n) is 32.1. The van der Waals surface area contributed by atoms with Gasteiger partial charge in [0.15, 0.2) is 12.6 Å². The van der Waals surface area contributed by atoms with Gasteiger partial charge in [-0.25, -0.2) is 0 Å². The Balaban J connectivity index is 1.83. The quantitative estimate of drug-likeness (QED) is 0.253. The molecule has 49 heavy (non-hydrogen) atoms. The van der Waals surface area contributed by atoms with Crippen LogP contribution in [0.2, 0.25) is 0 Å². The van der Waals surface area contributed by atoms with Crippen molar-refractivity contribution in [1.29, 1.82) is 0 Å². The lowest BCUT2D eigenvalue weighted by atomic mass is 9.75. The molecule has 4 aliphatic rings. The number of amides is 1. The summed E-state index contributed by atoms with van der Waals surface area (Å²) in [5.41, 5.74) is -3.05. The topological polar surface area (TPSA) is 157 Å². The molecule has 12 nitrogen and oxygen atoms in total. The third-order valence-corrected chi connectivity index (χ3v) is 12.2. The third kappa shape index (κ3) is 8.66. The van der Waals surface area contributed by atoms with Crippen LogP contribution in [0.1, 0.15) is 108 Å². The van der Waals surface area contributed by atoms with Gasteiger partial charge in [-0.3, -0.25) is 4.79 Å². The van der Waals surface area contributed by atoms with Gasteiger partial charge in [0.1, 0.15) is 11.7 Å². The maximum absolute atomic E-state index is 14.3. The van der Waals surface area contributed by atoms with Gasteiger partial charge < -0.3 is 54.4 Å². The van der Waals surface area contributed by atoms with Crippen LogP contribution in [-0.4, -0.2) is 120 Å².